The molecular weight excluding hydrogens is 343 g/mol. The van der Waals surface area contributed by atoms with Crippen LogP contribution in [0, 0.1) is 5.82 Å². The lowest BCUT2D eigenvalue weighted by Crippen LogP contribution is -2.51. The van der Waals surface area contributed by atoms with Crippen molar-refractivity contribution in [2.45, 2.75) is 6.92 Å². The summed E-state index contributed by atoms with van der Waals surface area (Å²) >= 11 is 0. The Kier molecular flexibility index (Phi) is 7.34. The van der Waals surface area contributed by atoms with Crippen LogP contribution >= 0.6 is 0 Å². The van der Waals surface area contributed by atoms with Gasteiger partial charge in [0.1, 0.15) is 5.82 Å². The molecular formula is C17H23FN4O4. The Morgan fingerprint density at radius 2 is 1.73 bits per heavy atom. The summed E-state index contributed by atoms with van der Waals surface area (Å²) in [6.45, 7) is 4.20. The van der Waals surface area contributed by atoms with Gasteiger partial charge in [-0.05, 0) is 31.2 Å². The predicted octanol–water partition coefficient (Wildman–Crippen LogP) is 0.654. The molecule has 0 saturated carbocycles. The molecule has 0 radical (unpaired) electrons. The minimum absolute atomic E-state index is 0.153. The number of ether oxygens (including phenoxy) is 1. The quantitative estimate of drug-likeness (QED) is 0.772. The average Bonchev–Trinajstić information content (AvgIpc) is 2.63. The minimum atomic E-state index is -0.392. The fraction of sp³-hybridized carbons (Fsp3) is 0.471. The molecule has 1 saturated heterocycles. The molecule has 2 N–H and O–H groups in total. The maximum atomic E-state index is 12.8. The van der Waals surface area contributed by atoms with Crippen molar-refractivity contribution < 1.29 is 23.5 Å². The van der Waals surface area contributed by atoms with E-state index in [-0.39, 0.29) is 30.9 Å². The van der Waals surface area contributed by atoms with E-state index in [1.807, 2.05) is 4.90 Å². The van der Waals surface area contributed by atoms with Gasteiger partial charge in [0.25, 0.3) is 0 Å². The fourth-order valence-corrected chi connectivity index (χ4v) is 2.48. The van der Waals surface area contributed by atoms with Crippen molar-refractivity contribution in [3.05, 3.63) is 30.1 Å². The summed E-state index contributed by atoms with van der Waals surface area (Å²) in [6, 6.07) is 5.37. The molecule has 2 rings (SSSR count). The smallest absolute Gasteiger partial charge is 0.409 e. The van der Waals surface area contributed by atoms with Crippen LogP contribution in [0.5, 0.6) is 0 Å². The SMILES string of the molecule is CCOC(=O)N1CCN(CC(=O)NCC(=O)Nc2ccc(F)cc2)CC1. The van der Waals surface area contributed by atoms with Crippen molar-refractivity contribution in [3.8, 4) is 0 Å². The molecule has 8 nitrogen and oxygen atoms in total. The lowest BCUT2D eigenvalue weighted by atomic mass is 10.3. The molecule has 0 bridgehead atoms. The van der Waals surface area contributed by atoms with Crippen molar-refractivity contribution in [1.82, 2.24) is 15.1 Å². The third kappa shape index (κ3) is 6.32. The highest BCUT2D eigenvalue weighted by atomic mass is 19.1. The lowest BCUT2D eigenvalue weighted by molar-refractivity contribution is -0.125. The van der Waals surface area contributed by atoms with Gasteiger partial charge in [-0.3, -0.25) is 14.5 Å². The number of piperazine rings is 1. The number of rotatable bonds is 6. The first kappa shape index (κ1) is 19.6. The van der Waals surface area contributed by atoms with Crippen LogP contribution in [0.25, 0.3) is 0 Å². The first-order valence-electron chi connectivity index (χ1n) is 8.44. The molecule has 1 aromatic rings. The molecule has 0 spiro atoms. The molecule has 1 aliphatic heterocycles. The monoisotopic (exact) mass is 366 g/mol. The van der Waals surface area contributed by atoms with Gasteiger partial charge in [0.15, 0.2) is 0 Å². The van der Waals surface area contributed by atoms with Crippen LogP contribution in [0.4, 0.5) is 14.9 Å². The number of carbonyl (C=O) groups is 3. The summed E-state index contributed by atoms with van der Waals surface area (Å²) in [6.07, 6.45) is -0.339. The maximum Gasteiger partial charge on any atom is 0.409 e. The summed E-state index contributed by atoms with van der Waals surface area (Å²) in [5, 5.41) is 5.11. The van der Waals surface area contributed by atoms with Crippen molar-refractivity contribution in [3.63, 3.8) is 0 Å². The van der Waals surface area contributed by atoms with Crippen molar-refractivity contribution in [2.24, 2.45) is 0 Å². The van der Waals surface area contributed by atoms with E-state index in [9.17, 15) is 18.8 Å². The van der Waals surface area contributed by atoms with Crippen LogP contribution in [-0.2, 0) is 14.3 Å². The number of benzene rings is 1. The second kappa shape index (κ2) is 9.71. The van der Waals surface area contributed by atoms with Gasteiger partial charge < -0.3 is 20.3 Å². The zero-order valence-corrected chi connectivity index (χ0v) is 14.7. The van der Waals surface area contributed by atoms with Crippen molar-refractivity contribution >= 4 is 23.6 Å². The van der Waals surface area contributed by atoms with E-state index < -0.39 is 5.91 Å². The van der Waals surface area contributed by atoms with Crippen LogP contribution in [0.15, 0.2) is 24.3 Å². The topological polar surface area (TPSA) is 91.0 Å². The van der Waals surface area contributed by atoms with Crippen LogP contribution in [0.3, 0.4) is 0 Å². The zero-order valence-electron chi connectivity index (χ0n) is 14.7. The molecule has 0 aliphatic carbocycles. The van der Waals surface area contributed by atoms with E-state index in [4.69, 9.17) is 4.74 Å². The number of hydrogen-bond donors (Lipinski definition) is 2. The Bertz CT molecular complexity index is 630. The molecule has 1 fully saturated rings. The maximum absolute atomic E-state index is 12.8. The molecule has 1 heterocycles. The van der Waals surface area contributed by atoms with E-state index in [2.05, 4.69) is 10.6 Å². The van der Waals surface area contributed by atoms with Gasteiger partial charge in [-0.2, -0.15) is 0 Å². The van der Waals surface area contributed by atoms with Crippen LogP contribution in [0.2, 0.25) is 0 Å². The highest BCUT2D eigenvalue weighted by Crippen LogP contribution is 2.07. The highest BCUT2D eigenvalue weighted by Gasteiger charge is 2.23. The number of amides is 3. The Morgan fingerprint density at radius 1 is 1.08 bits per heavy atom. The Labute approximate surface area is 151 Å². The molecule has 1 aromatic carbocycles. The van der Waals surface area contributed by atoms with E-state index in [1.54, 1.807) is 11.8 Å². The largest absolute Gasteiger partial charge is 0.450 e. The second-order valence-corrected chi connectivity index (χ2v) is 5.79. The first-order valence-corrected chi connectivity index (χ1v) is 8.44. The van der Waals surface area contributed by atoms with Gasteiger partial charge in [-0.15, -0.1) is 0 Å². The molecule has 1 aliphatic rings. The number of hydrogen-bond acceptors (Lipinski definition) is 5. The van der Waals surface area contributed by atoms with Crippen LogP contribution in [-0.4, -0.2) is 73.6 Å². The van der Waals surface area contributed by atoms with Gasteiger partial charge in [0.2, 0.25) is 11.8 Å². The molecule has 26 heavy (non-hydrogen) atoms. The van der Waals surface area contributed by atoms with E-state index in [1.165, 1.54) is 24.3 Å². The number of halogens is 1. The molecule has 9 heteroatoms. The standard InChI is InChI=1S/C17H23FN4O4/c1-2-26-17(25)22-9-7-21(8-10-22)12-16(24)19-11-15(23)20-14-5-3-13(18)4-6-14/h3-6H,2,7-12H2,1H3,(H,19,24)(H,20,23). The Balaban J connectivity index is 1.65. The fourth-order valence-electron chi connectivity index (χ4n) is 2.48. The van der Waals surface area contributed by atoms with Gasteiger partial charge in [-0.25, -0.2) is 9.18 Å². The number of nitrogens with one attached hydrogen (secondary N) is 2. The van der Waals surface area contributed by atoms with Gasteiger partial charge in [0.05, 0.1) is 19.7 Å². The van der Waals surface area contributed by atoms with E-state index >= 15 is 0 Å². The number of nitrogens with zero attached hydrogens (tertiary/aromatic N) is 2. The second-order valence-electron chi connectivity index (χ2n) is 5.79. The molecule has 3 amide bonds. The summed E-state index contributed by atoms with van der Waals surface area (Å²) in [5.74, 6) is -1.06. The van der Waals surface area contributed by atoms with Gasteiger partial charge in [-0.1, -0.05) is 0 Å². The molecule has 0 atom stereocenters. The van der Waals surface area contributed by atoms with E-state index in [0.29, 0.717) is 38.5 Å². The van der Waals surface area contributed by atoms with Gasteiger partial charge >= 0.3 is 6.09 Å². The zero-order chi connectivity index (χ0) is 18.9. The minimum Gasteiger partial charge on any atom is -0.450 e. The normalized spacial score (nSPS) is 14.6. The van der Waals surface area contributed by atoms with Crippen LogP contribution < -0.4 is 10.6 Å². The third-order valence-electron chi connectivity index (χ3n) is 3.84. The number of anilines is 1. The number of carbonyl (C=O) groups excluding carboxylic acids is 3. The van der Waals surface area contributed by atoms with Crippen LogP contribution in [0.1, 0.15) is 6.92 Å². The first-order chi connectivity index (χ1) is 12.5. The summed E-state index contributed by atoms with van der Waals surface area (Å²) in [4.78, 5) is 38.9. The van der Waals surface area contributed by atoms with E-state index in [0.717, 1.165) is 0 Å². The summed E-state index contributed by atoms with van der Waals surface area (Å²) < 4.78 is 17.7. The highest BCUT2D eigenvalue weighted by molar-refractivity contribution is 5.94. The van der Waals surface area contributed by atoms with Crippen molar-refractivity contribution in [2.75, 3.05) is 51.2 Å². The van der Waals surface area contributed by atoms with Gasteiger partial charge in [0, 0.05) is 31.9 Å². The Morgan fingerprint density at radius 3 is 2.35 bits per heavy atom. The lowest BCUT2D eigenvalue weighted by Gasteiger charge is -2.33. The average molecular weight is 366 g/mol. The summed E-state index contributed by atoms with van der Waals surface area (Å²) in [5.41, 5.74) is 0.459. The molecule has 0 aromatic heterocycles. The molecule has 142 valence electrons. The third-order valence-corrected chi connectivity index (χ3v) is 3.84. The Hall–Kier alpha value is -2.68. The predicted molar refractivity (Wildman–Crippen MR) is 93.1 cm³/mol. The summed E-state index contributed by atoms with van der Waals surface area (Å²) in [7, 11) is 0. The molecule has 0 unspecified atom stereocenters. The van der Waals surface area contributed by atoms with Crippen molar-refractivity contribution in [1.29, 1.82) is 0 Å².